The first kappa shape index (κ1) is 15.8. The van der Waals surface area contributed by atoms with Gasteiger partial charge in [-0.3, -0.25) is 4.79 Å². The molecule has 1 aromatic rings. The highest BCUT2D eigenvalue weighted by molar-refractivity contribution is 7.91. The van der Waals surface area contributed by atoms with Crippen LogP contribution in [-0.2, 0) is 14.6 Å². The summed E-state index contributed by atoms with van der Waals surface area (Å²) in [6.45, 7) is 1.34. The Balaban J connectivity index is 2.00. The van der Waals surface area contributed by atoms with E-state index in [0.29, 0.717) is 25.9 Å². The maximum Gasteiger partial charge on any atom is 0.218 e. The zero-order chi connectivity index (χ0) is 15.5. The lowest BCUT2D eigenvalue weighted by atomic mass is 10.1. The van der Waals surface area contributed by atoms with Crippen LogP contribution in [0.25, 0.3) is 0 Å². The second-order valence-corrected chi connectivity index (χ2v) is 7.66. The Morgan fingerprint density at radius 1 is 1.48 bits per heavy atom. The first-order chi connectivity index (χ1) is 9.86. The molecule has 1 amide bonds. The normalized spacial score (nSPS) is 16.9. The summed E-state index contributed by atoms with van der Waals surface area (Å²) in [5.41, 5.74) is 6.02. The van der Waals surface area contributed by atoms with Crippen molar-refractivity contribution in [3.8, 4) is 0 Å². The second kappa shape index (κ2) is 6.43. The van der Waals surface area contributed by atoms with E-state index >= 15 is 0 Å². The number of nitrogens with zero attached hydrogens (tertiary/aromatic N) is 2. The third-order valence-corrected chi connectivity index (χ3v) is 5.36. The van der Waals surface area contributed by atoms with E-state index in [1.807, 2.05) is 12.1 Å². The van der Waals surface area contributed by atoms with E-state index < -0.39 is 9.84 Å². The van der Waals surface area contributed by atoms with Gasteiger partial charge in [0.05, 0.1) is 5.25 Å². The molecule has 1 aromatic heterocycles. The zero-order valence-corrected chi connectivity index (χ0v) is 12.8. The van der Waals surface area contributed by atoms with Crippen LogP contribution in [0.1, 0.15) is 24.8 Å². The molecule has 2 heterocycles. The van der Waals surface area contributed by atoms with Gasteiger partial charge in [-0.05, 0) is 30.5 Å². The van der Waals surface area contributed by atoms with Gasteiger partial charge in [-0.2, -0.15) is 0 Å². The Morgan fingerprint density at radius 3 is 2.71 bits per heavy atom. The third-order valence-electron chi connectivity index (χ3n) is 3.68. The number of sulfone groups is 1. The van der Waals surface area contributed by atoms with Crippen molar-refractivity contribution >= 4 is 21.6 Å². The van der Waals surface area contributed by atoms with Crippen LogP contribution in [-0.4, -0.2) is 43.9 Å². The lowest BCUT2D eigenvalue weighted by molar-refractivity contribution is -0.117. The topological polar surface area (TPSA) is 93.4 Å². The molecule has 115 valence electrons. The van der Waals surface area contributed by atoms with Crippen molar-refractivity contribution in [1.29, 1.82) is 0 Å². The minimum atomic E-state index is -2.96. The Hall–Kier alpha value is -1.63. The van der Waals surface area contributed by atoms with E-state index in [9.17, 15) is 13.2 Å². The molecular weight excluding hydrogens is 290 g/mol. The molecule has 1 aliphatic rings. The van der Waals surface area contributed by atoms with E-state index in [2.05, 4.69) is 9.88 Å². The number of amides is 1. The van der Waals surface area contributed by atoms with Crippen molar-refractivity contribution in [2.24, 2.45) is 5.73 Å². The summed E-state index contributed by atoms with van der Waals surface area (Å²) in [5.74, 6) is 0.433. The van der Waals surface area contributed by atoms with E-state index in [0.717, 1.165) is 11.4 Å². The fourth-order valence-corrected chi connectivity index (χ4v) is 3.53. The molecule has 2 N–H and O–H groups in total. The first-order valence-corrected chi connectivity index (χ1v) is 8.83. The number of pyridine rings is 1. The Bertz CT molecular complexity index is 608. The summed E-state index contributed by atoms with van der Waals surface area (Å²) in [6.07, 6.45) is 6.18. The van der Waals surface area contributed by atoms with E-state index in [1.165, 1.54) is 6.26 Å². The van der Waals surface area contributed by atoms with Crippen LogP contribution in [0.5, 0.6) is 0 Å². The van der Waals surface area contributed by atoms with Crippen molar-refractivity contribution in [1.82, 2.24) is 4.98 Å². The molecule has 0 atom stereocenters. The minimum absolute atomic E-state index is 0.194. The number of rotatable bonds is 5. The number of piperidine rings is 1. The summed E-state index contributed by atoms with van der Waals surface area (Å²) in [4.78, 5) is 17.2. The van der Waals surface area contributed by atoms with Gasteiger partial charge < -0.3 is 10.6 Å². The fraction of sp³-hybridized carbons (Fsp3) is 0.500. The van der Waals surface area contributed by atoms with Gasteiger partial charge in [-0.15, -0.1) is 0 Å². The summed E-state index contributed by atoms with van der Waals surface area (Å²) in [6, 6.07) is 3.71. The number of hydrogen-bond acceptors (Lipinski definition) is 5. The molecule has 0 aromatic carbocycles. The summed E-state index contributed by atoms with van der Waals surface area (Å²) < 4.78 is 23.1. The standard InChI is InChI=1S/C14H20N3O3S/c1-21(19,20)12-5-8-17(9-6-12)14-10-11(4-7-16-14)2-3-13(15)18/h2,4,7,10,12H,3,5-6,8-9H2,1H3,(H2,15,18). The zero-order valence-electron chi connectivity index (χ0n) is 12.0. The van der Waals surface area contributed by atoms with Gasteiger partial charge in [-0.25, -0.2) is 13.4 Å². The molecule has 0 unspecified atom stereocenters. The number of carbonyl (C=O) groups is 1. The maximum atomic E-state index is 11.5. The Kier molecular flexibility index (Phi) is 4.82. The van der Waals surface area contributed by atoms with E-state index in [-0.39, 0.29) is 17.6 Å². The molecule has 0 saturated carbocycles. The van der Waals surface area contributed by atoms with E-state index in [4.69, 9.17) is 5.73 Å². The highest BCUT2D eigenvalue weighted by Crippen LogP contribution is 2.22. The van der Waals surface area contributed by atoms with Crippen LogP contribution >= 0.6 is 0 Å². The van der Waals surface area contributed by atoms with Gasteiger partial charge in [0.1, 0.15) is 15.7 Å². The van der Waals surface area contributed by atoms with Gasteiger partial charge in [0, 0.05) is 38.4 Å². The number of anilines is 1. The van der Waals surface area contributed by atoms with Crippen LogP contribution in [0.3, 0.4) is 0 Å². The molecule has 1 aliphatic heterocycles. The molecular formula is C14H20N3O3S. The lowest BCUT2D eigenvalue weighted by Crippen LogP contribution is -2.39. The number of aromatic nitrogens is 1. The highest BCUT2D eigenvalue weighted by atomic mass is 32.2. The fourth-order valence-electron chi connectivity index (χ4n) is 2.47. The van der Waals surface area contributed by atoms with Gasteiger partial charge in [0.25, 0.3) is 0 Å². The molecule has 7 heteroatoms. The van der Waals surface area contributed by atoms with Crippen molar-refractivity contribution < 1.29 is 13.2 Å². The number of carbonyl (C=O) groups excluding carboxylic acids is 1. The molecule has 1 saturated heterocycles. The molecule has 0 aliphatic carbocycles. The molecule has 6 nitrogen and oxygen atoms in total. The largest absolute Gasteiger partial charge is 0.370 e. The SMILES string of the molecule is CS(=O)(=O)C1CCN(c2cc([CH]CC(N)=O)ccn2)CC1. The van der Waals surface area contributed by atoms with Crippen molar-refractivity contribution in [2.45, 2.75) is 24.5 Å². The van der Waals surface area contributed by atoms with Crippen molar-refractivity contribution in [3.05, 3.63) is 30.3 Å². The molecule has 1 fully saturated rings. The van der Waals surface area contributed by atoms with Crippen LogP contribution in [0.2, 0.25) is 0 Å². The first-order valence-electron chi connectivity index (χ1n) is 6.87. The van der Waals surface area contributed by atoms with Gasteiger partial charge in [0.2, 0.25) is 5.91 Å². The molecule has 1 radical (unpaired) electrons. The van der Waals surface area contributed by atoms with Gasteiger partial charge >= 0.3 is 0 Å². The van der Waals surface area contributed by atoms with Gasteiger partial charge in [0.15, 0.2) is 0 Å². The monoisotopic (exact) mass is 310 g/mol. The summed E-state index contributed by atoms with van der Waals surface area (Å²) >= 11 is 0. The highest BCUT2D eigenvalue weighted by Gasteiger charge is 2.27. The quantitative estimate of drug-likeness (QED) is 0.856. The molecule has 0 bridgehead atoms. The smallest absolute Gasteiger partial charge is 0.218 e. The lowest BCUT2D eigenvalue weighted by Gasteiger charge is -2.32. The third kappa shape index (κ3) is 4.42. The number of primary amides is 1. The average molecular weight is 310 g/mol. The van der Waals surface area contributed by atoms with Crippen LogP contribution in [0, 0.1) is 6.42 Å². The van der Waals surface area contributed by atoms with Crippen LogP contribution in [0.15, 0.2) is 18.3 Å². The average Bonchev–Trinajstić information content (AvgIpc) is 2.45. The summed E-state index contributed by atoms with van der Waals surface area (Å²) in [5, 5.41) is -0.252. The van der Waals surface area contributed by atoms with E-state index in [1.54, 1.807) is 12.6 Å². The number of nitrogens with two attached hydrogens (primary N) is 1. The number of hydrogen-bond donors (Lipinski definition) is 1. The van der Waals surface area contributed by atoms with Crippen LogP contribution < -0.4 is 10.6 Å². The predicted molar refractivity (Wildman–Crippen MR) is 81.5 cm³/mol. The molecule has 2 rings (SSSR count). The van der Waals surface area contributed by atoms with Crippen LogP contribution in [0.4, 0.5) is 5.82 Å². The second-order valence-electron chi connectivity index (χ2n) is 5.34. The summed E-state index contributed by atoms with van der Waals surface area (Å²) in [7, 11) is -2.96. The van der Waals surface area contributed by atoms with Crippen molar-refractivity contribution in [3.63, 3.8) is 0 Å². The van der Waals surface area contributed by atoms with Gasteiger partial charge in [-0.1, -0.05) is 0 Å². The predicted octanol–water partition coefficient (Wildman–Crippen LogP) is 0.523. The minimum Gasteiger partial charge on any atom is -0.370 e. The maximum absolute atomic E-state index is 11.5. The molecule has 0 spiro atoms. The Morgan fingerprint density at radius 2 is 2.14 bits per heavy atom. The molecule has 21 heavy (non-hydrogen) atoms. The Labute approximate surface area is 125 Å². The van der Waals surface area contributed by atoms with Crippen molar-refractivity contribution in [2.75, 3.05) is 24.2 Å².